The molecule has 0 aliphatic rings. The quantitative estimate of drug-likeness (QED) is 0.907. The normalized spacial score (nSPS) is 10.1. The van der Waals surface area contributed by atoms with Gasteiger partial charge in [0.15, 0.2) is 0 Å². The third-order valence-electron chi connectivity index (χ3n) is 2.88. The first-order chi connectivity index (χ1) is 9.72. The summed E-state index contributed by atoms with van der Waals surface area (Å²) < 4.78 is 0. The van der Waals surface area contributed by atoms with Gasteiger partial charge in [-0.2, -0.15) is 0 Å². The molecule has 20 heavy (non-hydrogen) atoms. The van der Waals surface area contributed by atoms with E-state index in [9.17, 15) is 4.79 Å². The van der Waals surface area contributed by atoms with E-state index in [1.54, 1.807) is 18.1 Å². The van der Waals surface area contributed by atoms with E-state index in [4.69, 9.17) is 0 Å². The topological polar surface area (TPSA) is 58.1 Å². The van der Waals surface area contributed by atoms with Gasteiger partial charge in [0.1, 0.15) is 11.5 Å². The fourth-order valence-electron chi connectivity index (χ4n) is 1.72. The number of para-hydroxylation sites is 1. The highest BCUT2D eigenvalue weighted by Crippen LogP contribution is 2.13. The standard InChI is InChI=1S/C15H18N4O/c1-3-9-16-14-11-17-13(10-18-14)15(20)19(2)12-7-5-4-6-8-12/h4-8,10-11H,3,9H2,1-2H3,(H,16,18). The maximum atomic E-state index is 12.3. The lowest BCUT2D eigenvalue weighted by Crippen LogP contribution is -2.27. The molecule has 2 aromatic rings. The average Bonchev–Trinajstić information content (AvgIpc) is 2.53. The van der Waals surface area contributed by atoms with Gasteiger partial charge in [0.2, 0.25) is 0 Å². The summed E-state index contributed by atoms with van der Waals surface area (Å²) in [5, 5.41) is 3.12. The monoisotopic (exact) mass is 270 g/mol. The predicted molar refractivity (Wildman–Crippen MR) is 80.0 cm³/mol. The molecule has 0 bridgehead atoms. The van der Waals surface area contributed by atoms with Gasteiger partial charge in [0.05, 0.1) is 12.4 Å². The fourth-order valence-corrected chi connectivity index (χ4v) is 1.72. The Kier molecular flexibility index (Phi) is 4.65. The number of hydrogen-bond donors (Lipinski definition) is 1. The van der Waals surface area contributed by atoms with Crippen LogP contribution in [0.15, 0.2) is 42.7 Å². The van der Waals surface area contributed by atoms with Crippen molar-refractivity contribution in [1.29, 1.82) is 0 Å². The van der Waals surface area contributed by atoms with Gasteiger partial charge in [-0.05, 0) is 18.6 Å². The summed E-state index contributed by atoms with van der Waals surface area (Å²) in [6.45, 7) is 2.92. The molecule has 0 spiro atoms. The molecule has 1 amide bonds. The van der Waals surface area contributed by atoms with Gasteiger partial charge in [0, 0.05) is 19.3 Å². The summed E-state index contributed by atoms with van der Waals surface area (Å²) in [5.74, 6) is 0.511. The third kappa shape index (κ3) is 3.32. The molecule has 1 aromatic carbocycles. The summed E-state index contributed by atoms with van der Waals surface area (Å²) in [7, 11) is 1.72. The highest BCUT2D eigenvalue weighted by Gasteiger charge is 2.14. The van der Waals surface area contributed by atoms with Gasteiger partial charge < -0.3 is 10.2 Å². The molecule has 0 saturated heterocycles. The lowest BCUT2D eigenvalue weighted by Gasteiger charge is -2.16. The molecule has 2 rings (SSSR count). The van der Waals surface area contributed by atoms with E-state index in [1.165, 1.54) is 6.20 Å². The van der Waals surface area contributed by atoms with Crippen LogP contribution in [0.1, 0.15) is 23.8 Å². The van der Waals surface area contributed by atoms with E-state index in [0.717, 1.165) is 18.7 Å². The van der Waals surface area contributed by atoms with Crippen molar-refractivity contribution in [2.45, 2.75) is 13.3 Å². The van der Waals surface area contributed by atoms with Crippen LogP contribution in [0.2, 0.25) is 0 Å². The van der Waals surface area contributed by atoms with Gasteiger partial charge >= 0.3 is 0 Å². The van der Waals surface area contributed by atoms with Gasteiger partial charge in [-0.3, -0.25) is 4.79 Å². The molecule has 1 N–H and O–H groups in total. The maximum Gasteiger partial charge on any atom is 0.278 e. The Labute approximate surface area is 118 Å². The minimum atomic E-state index is -0.175. The molecule has 0 saturated carbocycles. The Morgan fingerprint density at radius 1 is 1.20 bits per heavy atom. The molecular formula is C15H18N4O. The van der Waals surface area contributed by atoms with Crippen LogP contribution in [0.3, 0.4) is 0 Å². The lowest BCUT2D eigenvalue weighted by atomic mass is 10.3. The van der Waals surface area contributed by atoms with Crippen molar-refractivity contribution in [3.05, 3.63) is 48.4 Å². The molecule has 0 atom stereocenters. The van der Waals surface area contributed by atoms with Gasteiger partial charge in [0.25, 0.3) is 5.91 Å². The third-order valence-corrected chi connectivity index (χ3v) is 2.88. The molecular weight excluding hydrogens is 252 g/mol. The van der Waals surface area contributed by atoms with Crippen LogP contribution in [0.5, 0.6) is 0 Å². The Balaban J connectivity index is 2.09. The minimum Gasteiger partial charge on any atom is -0.369 e. The summed E-state index contributed by atoms with van der Waals surface area (Å²) in [5.41, 5.74) is 1.16. The number of benzene rings is 1. The van der Waals surface area contributed by atoms with Crippen LogP contribution in [0.25, 0.3) is 0 Å². The zero-order chi connectivity index (χ0) is 14.4. The molecule has 5 nitrogen and oxygen atoms in total. The second-order valence-electron chi connectivity index (χ2n) is 4.41. The zero-order valence-corrected chi connectivity index (χ0v) is 11.7. The lowest BCUT2D eigenvalue weighted by molar-refractivity contribution is 0.0988. The Morgan fingerprint density at radius 3 is 2.55 bits per heavy atom. The van der Waals surface area contributed by atoms with Crippen LogP contribution in [0, 0.1) is 0 Å². The van der Waals surface area contributed by atoms with Crippen LogP contribution in [-0.4, -0.2) is 29.5 Å². The van der Waals surface area contributed by atoms with E-state index in [2.05, 4.69) is 22.2 Å². The van der Waals surface area contributed by atoms with Gasteiger partial charge in [-0.15, -0.1) is 0 Å². The highest BCUT2D eigenvalue weighted by atomic mass is 16.2. The predicted octanol–water partition coefficient (Wildman–Crippen LogP) is 2.58. The number of nitrogens with one attached hydrogen (secondary N) is 1. The first-order valence-corrected chi connectivity index (χ1v) is 6.61. The van der Waals surface area contributed by atoms with Crippen LogP contribution >= 0.6 is 0 Å². The van der Waals surface area contributed by atoms with E-state index in [-0.39, 0.29) is 5.91 Å². The SMILES string of the molecule is CCCNc1cnc(C(=O)N(C)c2ccccc2)cn1. The molecule has 0 aliphatic carbocycles. The highest BCUT2D eigenvalue weighted by molar-refractivity contribution is 6.04. The molecule has 0 fully saturated rings. The number of carbonyl (C=O) groups is 1. The van der Waals surface area contributed by atoms with E-state index in [1.807, 2.05) is 30.3 Å². The minimum absolute atomic E-state index is 0.175. The van der Waals surface area contributed by atoms with E-state index < -0.39 is 0 Å². The number of nitrogens with zero attached hydrogens (tertiary/aromatic N) is 3. The van der Waals surface area contributed by atoms with Crippen molar-refractivity contribution in [2.75, 3.05) is 23.8 Å². The largest absolute Gasteiger partial charge is 0.369 e. The van der Waals surface area contributed by atoms with Crippen molar-refractivity contribution in [3.8, 4) is 0 Å². The van der Waals surface area contributed by atoms with Crippen LogP contribution < -0.4 is 10.2 Å². The zero-order valence-electron chi connectivity index (χ0n) is 11.7. The number of amides is 1. The molecule has 0 radical (unpaired) electrons. The van der Waals surface area contributed by atoms with Crippen molar-refractivity contribution >= 4 is 17.4 Å². The van der Waals surface area contributed by atoms with Gasteiger partial charge in [-0.25, -0.2) is 9.97 Å². The summed E-state index contributed by atoms with van der Waals surface area (Å²) >= 11 is 0. The molecule has 0 unspecified atom stereocenters. The van der Waals surface area contributed by atoms with E-state index >= 15 is 0 Å². The van der Waals surface area contributed by atoms with Crippen molar-refractivity contribution in [3.63, 3.8) is 0 Å². The molecule has 104 valence electrons. The smallest absolute Gasteiger partial charge is 0.278 e. The summed E-state index contributed by atoms with van der Waals surface area (Å²) in [4.78, 5) is 22.2. The number of rotatable bonds is 5. The van der Waals surface area contributed by atoms with Crippen molar-refractivity contribution < 1.29 is 4.79 Å². The Hall–Kier alpha value is -2.43. The summed E-state index contributed by atoms with van der Waals surface area (Å²) in [6, 6.07) is 9.45. The number of anilines is 2. The fraction of sp³-hybridized carbons (Fsp3) is 0.267. The first-order valence-electron chi connectivity index (χ1n) is 6.61. The molecule has 0 aliphatic heterocycles. The number of hydrogen-bond acceptors (Lipinski definition) is 4. The van der Waals surface area contributed by atoms with Gasteiger partial charge in [-0.1, -0.05) is 25.1 Å². The number of aromatic nitrogens is 2. The average molecular weight is 270 g/mol. The second-order valence-corrected chi connectivity index (χ2v) is 4.41. The molecule has 5 heteroatoms. The van der Waals surface area contributed by atoms with Crippen LogP contribution in [0.4, 0.5) is 11.5 Å². The first kappa shape index (κ1) is 14.0. The summed E-state index contributed by atoms with van der Waals surface area (Å²) in [6.07, 6.45) is 4.10. The molecule has 1 aromatic heterocycles. The molecule has 1 heterocycles. The van der Waals surface area contributed by atoms with E-state index in [0.29, 0.717) is 11.5 Å². The number of carbonyl (C=O) groups excluding carboxylic acids is 1. The Bertz CT molecular complexity index is 554. The van der Waals surface area contributed by atoms with Crippen molar-refractivity contribution in [2.24, 2.45) is 0 Å². The maximum absolute atomic E-state index is 12.3. The second kappa shape index (κ2) is 6.65. The van der Waals surface area contributed by atoms with Crippen LogP contribution in [-0.2, 0) is 0 Å². The Morgan fingerprint density at radius 2 is 1.95 bits per heavy atom. The van der Waals surface area contributed by atoms with Crippen molar-refractivity contribution in [1.82, 2.24) is 9.97 Å².